The lowest BCUT2D eigenvalue weighted by Gasteiger charge is -2.40. The maximum atomic E-state index is 14.1. The molecular weight excluding hydrogens is 618 g/mol. The number of hydrogen-bond acceptors (Lipinski definition) is 5. The summed E-state index contributed by atoms with van der Waals surface area (Å²) >= 11 is 0. The molecular formula is C37H60ClN3O4S. The molecule has 1 amide bonds. The van der Waals surface area contributed by atoms with Gasteiger partial charge in [-0.15, -0.1) is 0 Å². The second-order valence-corrected chi connectivity index (χ2v) is 15.5. The van der Waals surface area contributed by atoms with Gasteiger partial charge < -0.3 is 32.2 Å². The summed E-state index contributed by atoms with van der Waals surface area (Å²) in [6.45, 7) is 15.4. The van der Waals surface area contributed by atoms with Gasteiger partial charge in [0.05, 0.1) is 42.9 Å². The first kappa shape index (κ1) is 40.0. The van der Waals surface area contributed by atoms with E-state index in [2.05, 4.69) is 39.9 Å². The summed E-state index contributed by atoms with van der Waals surface area (Å²) in [6, 6.07) is 13.2. The van der Waals surface area contributed by atoms with E-state index in [4.69, 9.17) is 0 Å². The molecule has 0 unspecified atom stereocenters. The van der Waals surface area contributed by atoms with E-state index in [9.17, 15) is 18.3 Å². The van der Waals surface area contributed by atoms with Crippen molar-refractivity contribution in [2.45, 2.75) is 109 Å². The van der Waals surface area contributed by atoms with Crippen LogP contribution in [0.5, 0.6) is 0 Å². The van der Waals surface area contributed by atoms with Crippen molar-refractivity contribution in [3.63, 3.8) is 0 Å². The Hall–Kier alpha value is -2.13. The summed E-state index contributed by atoms with van der Waals surface area (Å²) in [6.07, 6.45) is 6.28. The lowest BCUT2D eigenvalue weighted by molar-refractivity contribution is -0.923. The molecule has 1 aliphatic heterocycles. The zero-order valence-corrected chi connectivity index (χ0v) is 31.0. The molecule has 0 saturated carbocycles. The van der Waals surface area contributed by atoms with E-state index in [0.29, 0.717) is 35.4 Å². The normalized spacial score (nSPS) is 18.6. The maximum absolute atomic E-state index is 14.1. The topological polar surface area (TPSA) is 86.7 Å². The first-order valence-electron chi connectivity index (χ1n) is 17.4. The van der Waals surface area contributed by atoms with Crippen LogP contribution in [0.3, 0.4) is 0 Å². The van der Waals surface area contributed by atoms with Gasteiger partial charge in [0.2, 0.25) is 5.91 Å². The van der Waals surface area contributed by atoms with E-state index >= 15 is 0 Å². The van der Waals surface area contributed by atoms with Crippen molar-refractivity contribution in [1.82, 2.24) is 0 Å². The van der Waals surface area contributed by atoms with Crippen LogP contribution in [0.15, 0.2) is 47.4 Å². The molecule has 0 saturated heterocycles. The first-order chi connectivity index (χ1) is 21.4. The quantitative estimate of drug-likeness (QED) is 0.192. The minimum absolute atomic E-state index is 0. The van der Waals surface area contributed by atoms with Crippen LogP contribution < -0.4 is 22.6 Å². The summed E-state index contributed by atoms with van der Waals surface area (Å²) in [5.74, 6) is -0.628. The number of aliphatic hydroxyl groups is 1. The van der Waals surface area contributed by atoms with Crippen molar-refractivity contribution in [3.8, 4) is 0 Å². The van der Waals surface area contributed by atoms with Gasteiger partial charge in [0, 0.05) is 43.2 Å². The minimum Gasteiger partial charge on any atom is -1.00 e. The van der Waals surface area contributed by atoms with Crippen LogP contribution in [0.4, 0.5) is 11.4 Å². The molecule has 3 rings (SSSR count). The number of hydrogen-bond donors (Lipinski definition) is 2. The minimum atomic E-state index is -3.67. The van der Waals surface area contributed by atoms with Crippen LogP contribution in [0, 0.1) is 5.41 Å². The molecule has 7 nitrogen and oxygen atoms in total. The van der Waals surface area contributed by atoms with Gasteiger partial charge in [-0.1, -0.05) is 51.7 Å². The van der Waals surface area contributed by atoms with Crippen molar-refractivity contribution in [1.29, 1.82) is 0 Å². The number of aliphatic hydroxyl groups excluding tert-OH is 1. The molecule has 0 fully saturated rings. The van der Waals surface area contributed by atoms with E-state index in [1.807, 2.05) is 55.4 Å². The Bertz CT molecular complexity index is 1340. The number of carbonyl (C=O) groups excluding carboxylic acids is 1. The Balaban J connectivity index is 0.00000736. The van der Waals surface area contributed by atoms with Gasteiger partial charge in [0.1, 0.15) is 0 Å². The third kappa shape index (κ3) is 9.48. The highest BCUT2D eigenvalue weighted by atomic mass is 35.5. The molecule has 2 aromatic carbocycles. The number of rotatable bonds is 17. The predicted octanol–water partition coefficient (Wildman–Crippen LogP) is 4.39. The molecule has 1 heterocycles. The fraction of sp³-hybridized carbons (Fsp3) is 0.649. The Kier molecular flexibility index (Phi) is 15.5. The maximum Gasteiger partial charge on any atom is 0.224 e. The van der Waals surface area contributed by atoms with Gasteiger partial charge in [-0.05, 0) is 87.9 Å². The molecule has 0 aromatic heterocycles. The zero-order chi connectivity index (χ0) is 33.3. The number of carbonyl (C=O) groups is 1. The third-order valence-corrected chi connectivity index (χ3v) is 12.5. The summed E-state index contributed by atoms with van der Waals surface area (Å²) in [5, 5.41) is 15.5. The van der Waals surface area contributed by atoms with Crippen LogP contribution in [0.25, 0.3) is 0 Å². The van der Waals surface area contributed by atoms with Gasteiger partial charge >= 0.3 is 0 Å². The third-order valence-electron chi connectivity index (χ3n) is 10.5. The SMILES string of the molecule is CCCCC1(CCCC)CS(=O)(=O)c2ccc(N(C)C)cc2[C@@H](c2cccc(NC(=O)CCCC[N+](CC)(CC)CC)c2)[C@H]1O.[Cl-]. The number of quaternary nitrogens is 1. The smallest absolute Gasteiger partial charge is 0.224 e. The van der Waals surface area contributed by atoms with Gasteiger partial charge in [0.15, 0.2) is 9.84 Å². The van der Waals surface area contributed by atoms with E-state index in [-0.39, 0.29) is 24.1 Å². The molecule has 0 spiro atoms. The Morgan fingerprint density at radius 3 is 2.13 bits per heavy atom. The van der Waals surface area contributed by atoms with Crippen LogP contribution >= 0.6 is 0 Å². The van der Waals surface area contributed by atoms with Crippen LogP contribution in [0.1, 0.15) is 109 Å². The highest BCUT2D eigenvalue weighted by molar-refractivity contribution is 7.91. The van der Waals surface area contributed by atoms with Gasteiger partial charge in [-0.3, -0.25) is 4.79 Å². The molecule has 9 heteroatoms. The summed E-state index contributed by atoms with van der Waals surface area (Å²) in [7, 11) is 0.204. The average molecular weight is 678 g/mol. The largest absolute Gasteiger partial charge is 1.00 e. The molecule has 1 aliphatic rings. The van der Waals surface area contributed by atoms with Crippen LogP contribution in [-0.2, 0) is 14.6 Å². The van der Waals surface area contributed by atoms with E-state index in [0.717, 1.165) is 80.4 Å². The van der Waals surface area contributed by atoms with Crippen molar-refractivity contribution >= 4 is 27.1 Å². The molecule has 2 N–H and O–H groups in total. The van der Waals surface area contributed by atoms with Crippen molar-refractivity contribution in [2.24, 2.45) is 5.41 Å². The monoisotopic (exact) mass is 677 g/mol. The second kappa shape index (κ2) is 17.9. The second-order valence-electron chi connectivity index (χ2n) is 13.5. The lowest BCUT2D eigenvalue weighted by Crippen LogP contribution is -3.00. The Morgan fingerprint density at radius 1 is 0.935 bits per heavy atom. The lowest BCUT2D eigenvalue weighted by atomic mass is 9.68. The van der Waals surface area contributed by atoms with Crippen molar-refractivity contribution in [2.75, 3.05) is 56.2 Å². The van der Waals surface area contributed by atoms with Gasteiger partial charge in [-0.25, -0.2) is 8.42 Å². The molecule has 46 heavy (non-hydrogen) atoms. The van der Waals surface area contributed by atoms with Crippen molar-refractivity contribution < 1.29 is 35.2 Å². The van der Waals surface area contributed by atoms with Crippen molar-refractivity contribution in [3.05, 3.63) is 53.6 Å². The highest BCUT2D eigenvalue weighted by Gasteiger charge is 2.49. The Labute approximate surface area is 286 Å². The van der Waals surface area contributed by atoms with E-state index < -0.39 is 27.3 Å². The van der Waals surface area contributed by atoms with Crippen LogP contribution in [0.2, 0.25) is 0 Å². The number of nitrogens with one attached hydrogen (secondary N) is 1. The number of anilines is 2. The number of nitrogens with zero attached hydrogens (tertiary/aromatic N) is 2. The molecule has 260 valence electrons. The standard InChI is InChI=1S/C37H59N3O4S.ClH/c1-8-13-23-37(24-14-9-2)28-45(43,44)33-22-21-31(39(6)7)27-32(33)35(36(37)42)29-18-17-19-30(26-29)38-34(41)20-15-16-25-40(10-3,11-4)12-5;/h17-19,21-22,26-27,35-36,42H,8-16,20,23-25,28H2,1-7H3;1H/t35-,36-;/m1./s1. The Morgan fingerprint density at radius 2 is 1.57 bits per heavy atom. The molecule has 0 bridgehead atoms. The van der Waals surface area contributed by atoms with Gasteiger partial charge in [0.25, 0.3) is 0 Å². The molecule has 2 atom stereocenters. The number of fused-ring (bicyclic) bond motifs is 1. The first-order valence-corrected chi connectivity index (χ1v) is 19.0. The van der Waals surface area contributed by atoms with E-state index in [1.54, 1.807) is 6.07 Å². The number of sulfone groups is 1. The zero-order valence-electron chi connectivity index (χ0n) is 29.4. The summed E-state index contributed by atoms with van der Waals surface area (Å²) < 4.78 is 29.3. The van der Waals surface area contributed by atoms with Gasteiger partial charge in [-0.2, -0.15) is 0 Å². The fourth-order valence-electron chi connectivity index (χ4n) is 7.30. The predicted molar refractivity (Wildman–Crippen MR) is 188 cm³/mol. The molecule has 2 aromatic rings. The molecule has 0 radical (unpaired) electrons. The number of halogens is 1. The average Bonchev–Trinajstić information content (AvgIpc) is 3.09. The number of benzene rings is 2. The highest BCUT2D eigenvalue weighted by Crippen LogP contribution is 2.50. The summed E-state index contributed by atoms with van der Waals surface area (Å²) in [5.41, 5.74) is 2.25. The summed E-state index contributed by atoms with van der Waals surface area (Å²) in [4.78, 5) is 15.3. The van der Waals surface area contributed by atoms with E-state index in [1.165, 1.54) is 0 Å². The number of amides is 1. The molecule has 0 aliphatic carbocycles. The number of unbranched alkanes of at least 4 members (excludes halogenated alkanes) is 3. The fourth-order valence-corrected chi connectivity index (χ4v) is 9.49. The van der Waals surface area contributed by atoms with Crippen LogP contribution in [-0.4, -0.2) is 76.0 Å².